The van der Waals surface area contributed by atoms with Gasteiger partial charge in [0.15, 0.2) is 5.82 Å². The number of carbonyl (C=O) groups is 2. The van der Waals surface area contributed by atoms with Crippen LogP contribution in [-0.4, -0.2) is 21.6 Å². The van der Waals surface area contributed by atoms with Gasteiger partial charge in [-0.15, -0.1) is 0 Å². The number of anilines is 1. The van der Waals surface area contributed by atoms with Gasteiger partial charge in [0.2, 0.25) is 11.8 Å². The fraction of sp³-hybridized carbons (Fsp3) is 0.389. The van der Waals surface area contributed by atoms with Crippen LogP contribution in [-0.2, 0) is 16.1 Å². The van der Waals surface area contributed by atoms with Crippen LogP contribution in [0.25, 0.3) is 0 Å². The molecule has 2 fully saturated rings. The van der Waals surface area contributed by atoms with Crippen molar-refractivity contribution >= 4 is 45.2 Å². The summed E-state index contributed by atoms with van der Waals surface area (Å²) in [6.45, 7) is 0.104. The van der Waals surface area contributed by atoms with E-state index in [0.29, 0.717) is 15.1 Å². The molecule has 0 radical (unpaired) electrons. The molecule has 26 heavy (non-hydrogen) atoms. The SMILES string of the molecule is O=C1[C@@H]2CCCC[C@H]2C(=O)N1c1nn(Cc2c(F)cccc2Cl)cc1Br. The monoisotopic (exact) mass is 439 g/mol. The average molecular weight is 441 g/mol. The fourth-order valence-electron chi connectivity index (χ4n) is 3.84. The number of imide groups is 1. The molecule has 8 heteroatoms. The third-order valence-corrected chi connectivity index (χ3v) is 6.05. The third-order valence-electron chi connectivity index (χ3n) is 5.13. The van der Waals surface area contributed by atoms with Crippen LogP contribution in [0.1, 0.15) is 31.2 Å². The molecule has 1 aromatic carbocycles. The highest BCUT2D eigenvalue weighted by Crippen LogP contribution is 2.41. The second-order valence-corrected chi connectivity index (χ2v) is 7.97. The van der Waals surface area contributed by atoms with Crippen LogP contribution >= 0.6 is 27.5 Å². The lowest BCUT2D eigenvalue weighted by atomic mass is 9.81. The Labute approximate surface area is 163 Å². The van der Waals surface area contributed by atoms with Crippen molar-refractivity contribution in [1.82, 2.24) is 9.78 Å². The van der Waals surface area contributed by atoms with Crippen LogP contribution in [0.5, 0.6) is 0 Å². The van der Waals surface area contributed by atoms with Crippen LogP contribution in [0.4, 0.5) is 10.2 Å². The van der Waals surface area contributed by atoms with Crippen molar-refractivity contribution in [3.63, 3.8) is 0 Å². The van der Waals surface area contributed by atoms with Crippen LogP contribution in [0.15, 0.2) is 28.9 Å². The number of nitrogens with zero attached hydrogens (tertiary/aromatic N) is 3. The molecule has 136 valence electrons. The summed E-state index contributed by atoms with van der Waals surface area (Å²) in [5, 5.41) is 4.66. The zero-order valence-electron chi connectivity index (χ0n) is 13.8. The summed E-state index contributed by atoms with van der Waals surface area (Å²) in [7, 11) is 0. The van der Waals surface area contributed by atoms with E-state index < -0.39 is 5.82 Å². The number of hydrogen-bond donors (Lipinski definition) is 0. The van der Waals surface area contributed by atoms with Gasteiger partial charge in [-0.3, -0.25) is 14.3 Å². The molecule has 0 spiro atoms. The number of rotatable bonds is 3. The molecule has 2 heterocycles. The molecular weight excluding hydrogens is 425 g/mol. The molecule has 4 rings (SSSR count). The highest BCUT2D eigenvalue weighted by molar-refractivity contribution is 9.10. The van der Waals surface area contributed by atoms with Crippen LogP contribution in [0.3, 0.4) is 0 Å². The topological polar surface area (TPSA) is 55.2 Å². The predicted octanol–water partition coefficient (Wildman–Crippen LogP) is 4.17. The Morgan fingerprint density at radius 1 is 1.19 bits per heavy atom. The highest BCUT2D eigenvalue weighted by atomic mass is 79.9. The number of aromatic nitrogens is 2. The van der Waals surface area contributed by atoms with E-state index in [1.54, 1.807) is 12.3 Å². The summed E-state index contributed by atoms with van der Waals surface area (Å²) in [6, 6.07) is 4.48. The Bertz CT molecular complexity index is 856. The van der Waals surface area contributed by atoms with Gasteiger partial charge >= 0.3 is 0 Å². The van der Waals surface area contributed by atoms with E-state index >= 15 is 0 Å². The van der Waals surface area contributed by atoms with E-state index in [4.69, 9.17) is 11.6 Å². The van der Waals surface area contributed by atoms with Crippen LogP contribution in [0.2, 0.25) is 5.02 Å². The Hall–Kier alpha value is -1.73. The van der Waals surface area contributed by atoms with Gasteiger partial charge in [-0.1, -0.05) is 30.5 Å². The molecular formula is C18H16BrClFN3O2. The average Bonchev–Trinajstić information content (AvgIpc) is 3.09. The number of fused-ring (bicyclic) bond motifs is 1. The second-order valence-electron chi connectivity index (χ2n) is 6.71. The molecule has 2 atom stereocenters. The molecule has 0 N–H and O–H groups in total. The van der Waals surface area contributed by atoms with E-state index in [-0.39, 0.29) is 36.0 Å². The fourth-order valence-corrected chi connectivity index (χ4v) is 4.55. The predicted molar refractivity (Wildman–Crippen MR) is 98.4 cm³/mol. The zero-order chi connectivity index (χ0) is 18.4. The zero-order valence-corrected chi connectivity index (χ0v) is 16.1. The standard InChI is InChI=1S/C18H16BrClFN3O2/c19-13-9-23(8-12-14(20)6-3-7-15(12)21)22-16(13)24-17(25)10-4-1-2-5-11(10)18(24)26/h3,6-7,9-11H,1-2,4-5,8H2/t10-,11-/m1/s1. The van der Waals surface area contributed by atoms with Crippen molar-refractivity contribution in [2.75, 3.05) is 4.90 Å². The number of amides is 2. The minimum Gasteiger partial charge on any atom is -0.274 e. The first-order chi connectivity index (χ1) is 12.5. The van der Waals surface area contributed by atoms with Gasteiger partial charge < -0.3 is 0 Å². The maximum Gasteiger partial charge on any atom is 0.238 e. The number of halogens is 3. The van der Waals surface area contributed by atoms with Crippen molar-refractivity contribution in [2.24, 2.45) is 11.8 Å². The van der Waals surface area contributed by atoms with E-state index in [1.807, 2.05) is 0 Å². The van der Waals surface area contributed by atoms with Gasteiger partial charge in [-0.25, -0.2) is 9.29 Å². The maximum absolute atomic E-state index is 14.0. The van der Waals surface area contributed by atoms with Crippen molar-refractivity contribution in [2.45, 2.75) is 32.2 Å². The van der Waals surface area contributed by atoms with Gasteiger partial charge in [0.05, 0.1) is 22.9 Å². The van der Waals surface area contributed by atoms with Crippen molar-refractivity contribution in [1.29, 1.82) is 0 Å². The number of benzene rings is 1. The lowest BCUT2D eigenvalue weighted by molar-refractivity contribution is -0.122. The largest absolute Gasteiger partial charge is 0.274 e. The van der Waals surface area contributed by atoms with Gasteiger partial charge in [-0.2, -0.15) is 5.10 Å². The van der Waals surface area contributed by atoms with Crippen LogP contribution < -0.4 is 4.90 Å². The lowest BCUT2D eigenvalue weighted by Crippen LogP contribution is -2.31. The van der Waals surface area contributed by atoms with E-state index in [2.05, 4.69) is 21.0 Å². The molecule has 1 saturated heterocycles. The van der Waals surface area contributed by atoms with Gasteiger partial charge in [0.1, 0.15) is 5.82 Å². The number of hydrogen-bond acceptors (Lipinski definition) is 3. The molecule has 0 unspecified atom stereocenters. The molecule has 1 aliphatic carbocycles. The summed E-state index contributed by atoms with van der Waals surface area (Å²) in [5.41, 5.74) is 0.309. The molecule has 1 saturated carbocycles. The molecule has 2 aliphatic rings. The van der Waals surface area contributed by atoms with Crippen LogP contribution in [0, 0.1) is 17.7 Å². The molecule has 0 bridgehead atoms. The second kappa shape index (κ2) is 6.78. The van der Waals surface area contributed by atoms with Crippen molar-refractivity contribution < 1.29 is 14.0 Å². The summed E-state index contributed by atoms with van der Waals surface area (Å²) in [4.78, 5) is 26.6. The minimum atomic E-state index is -0.426. The Kier molecular flexibility index (Phi) is 4.61. The molecule has 5 nitrogen and oxygen atoms in total. The third kappa shape index (κ3) is 2.87. The van der Waals surface area contributed by atoms with Gasteiger partial charge in [-0.05, 0) is 40.9 Å². The van der Waals surface area contributed by atoms with E-state index in [9.17, 15) is 14.0 Å². The minimum absolute atomic E-state index is 0.104. The maximum atomic E-state index is 14.0. The molecule has 1 aromatic heterocycles. The first-order valence-corrected chi connectivity index (χ1v) is 9.68. The Morgan fingerprint density at radius 3 is 2.46 bits per heavy atom. The van der Waals surface area contributed by atoms with E-state index in [1.165, 1.54) is 21.7 Å². The molecule has 2 aromatic rings. The van der Waals surface area contributed by atoms with Crippen molar-refractivity contribution in [3.8, 4) is 0 Å². The normalized spacial score (nSPS) is 22.8. The quantitative estimate of drug-likeness (QED) is 0.673. The summed E-state index contributed by atoms with van der Waals surface area (Å²) in [6.07, 6.45) is 5.05. The summed E-state index contributed by atoms with van der Waals surface area (Å²) < 4.78 is 16.0. The molecule has 2 amide bonds. The summed E-state index contributed by atoms with van der Waals surface area (Å²) >= 11 is 9.45. The first kappa shape index (κ1) is 17.7. The highest BCUT2D eigenvalue weighted by Gasteiger charge is 2.50. The van der Waals surface area contributed by atoms with Gasteiger partial charge in [0, 0.05) is 16.8 Å². The Balaban J connectivity index is 1.65. The molecule has 1 aliphatic heterocycles. The number of carbonyl (C=O) groups excluding carboxylic acids is 2. The lowest BCUT2D eigenvalue weighted by Gasteiger charge is -2.19. The van der Waals surface area contributed by atoms with E-state index in [0.717, 1.165) is 25.7 Å². The smallest absolute Gasteiger partial charge is 0.238 e. The van der Waals surface area contributed by atoms with Gasteiger partial charge in [0.25, 0.3) is 0 Å². The Morgan fingerprint density at radius 2 is 1.85 bits per heavy atom. The first-order valence-electron chi connectivity index (χ1n) is 8.51. The van der Waals surface area contributed by atoms with Crippen molar-refractivity contribution in [3.05, 3.63) is 45.3 Å². The summed E-state index contributed by atoms with van der Waals surface area (Å²) in [5.74, 6) is -1.01.